The molecule has 36 heavy (non-hydrogen) atoms. The Morgan fingerprint density at radius 1 is 1.03 bits per heavy atom. The molecule has 0 spiro atoms. The Morgan fingerprint density at radius 3 is 2.36 bits per heavy atom. The lowest BCUT2D eigenvalue weighted by molar-refractivity contribution is -0.117. The molecule has 0 atom stereocenters. The number of aryl methyl sites for hydroxylation is 3. The van der Waals surface area contributed by atoms with Crippen molar-refractivity contribution in [2.75, 3.05) is 23.3 Å². The van der Waals surface area contributed by atoms with E-state index in [1.165, 1.54) is 16.8 Å². The molecule has 0 aliphatic heterocycles. The first kappa shape index (κ1) is 25.2. The molecule has 0 unspecified atom stereocenters. The van der Waals surface area contributed by atoms with E-state index in [0.717, 1.165) is 46.7 Å². The van der Waals surface area contributed by atoms with Crippen LogP contribution < -0.4 is 15.8 Å². The van der Waals surface area contributed by atoms with Gasteiger partial charge in [0.05, 0.1) is 11.6 Å². The normalized spacial score (nSPS) is 11.2. The summed E-state index contributed by atoms with van der Waals surface area (Å²) in [4.78, 5) is 28.4. The number of aromatic nitrogens is 3. The van der Waals surface area contributed by atoms with Crippen molar-refractivity contribution in [2.24, 2.45) is 0 Å². The van der Waals surface area contributed by atoms with Crippen LogP contribution in [0.25, 0.3) is 10.8 Å². The number of anilines is 2. The maximum atomic E-state index is 13.3. The van der Waals surface area contributed by atoms with Gasteiger partial charge in [0.1, 0.15) is 12.4 Å². The van der Waals surface area contributed by atoms with Gasteiger partial charge in [-0.05, 0) is 76.1 Å². The van der Waals surface area contributed by atoms with E-state index in [2.05, 4.69) is 35.2 Å². The number of rotatable bonds is 8. The zero-order valence-corrected chi connectivity index (χ0v) is 21.4. The molecule has 7 nitrogen and oxygen atoms in total. The van der Waals surface area contributed by atoms with Crippen LogP contribution in [0.4, 0.5) is 15.8 Å². The highest BCUT2D eigenvalue weighted by Gasteiger charge is 2.18. The number of nitrogens with zero attached hydrogens (tertiary/aromatic N) is 4. The monoisotopic (exact) mass is 489 g/mol. The summed E-state index contributed by atoms with van der Waals surface area (Å²) >= 11 is 0. The number of hydrogen-bond donors (Lipinski definition) is 1. The Bertz CT molecular complexity index is 1470. The molecule has 0 aliphatic rings. The van der Waals surface area contributed by atoms with Gasteiger partial charge >= 0.3 is 0 Å². The van der Waals surface area contributed by atoms with Gasteiger partial charge in [0.2, 0.25) is 5.91 Å². The summed E-state index contributed by atoms with van der Waals surface area (Å²) in [5.41, 5.74) is 5.08. The predicted molar refractivity (Wildman–Crippen MR) is 142 cm³/mol. The highest BCUT2D eigenvalue weighted by Crippen LogP contribution is 2.24. The van der Waals surface area contributed by atoms with Crippen molar-refractivity contribution in [1.29, 1.82) is 0 Å². The van der Waals surface area contributed by atoms with Gasteiger partial charge in [-0.1, -0.05) is 12.1 Å². The van der Waals surface area contributed by atoms with Crippen molar-refractivity contribution in [2.45, 2.75) is 47.7 Å². The molecule has 0 saturated heterocycles. The first-order chi connectivity index (χ1) is 17.2. The lowest BCUT2D eigenvalue weighted by Gasteiger charge is -2.22. The van der Waals surface area contributed by atoms with E-state index in [0.29, 0.717) is 17.6 Å². The van der Waals surface area contributed by atoms with Crippen molar-refractivity contribution >= 4 is 28.1 Å². The first-order valence-corrected chi connectivity index (χ1v) is 12.2. The maximum absolute atomic E-state index is 13.3. The van der Waals surface area contributed by atoms with Gasteiger partial charge in [-0.15, -0.1) is 0 Å². The second-order valence-corrected chi connectivity index (χ2v) is 9.00. The summed E-state index contributed by atoms with van der Waals surface area (Å²) < 4.78 is 16.5. The number of benzene rings is 2. The van der Waals surface area contributed by atoms with Gasteiger partial charge < -0.3 is 14.8 Å². The first-order valence-electron chi connectivity index (χ1n) is 12.2. The fourth-order valence-corrected chi connectivity index (χ4v) is 4.67. The molecule has 1 amide bonds. The van der Waals surface area contributed by atoms with Gasteiger partial charge in [0.25, 0.3) is 5.56 Å². The zero-order chi connectivity index (χ0) is 26.0. The van der Waals surface area contributed by atoms with Crippen LogP contribution in [0.1, 0.15) is 36.4 Å². The Labute approximate surface area is 210 Å². The lowest BCUT2D eigenvalue weighted by Crippen LogP contribution is -2.29. The van der Waals surface area contributed by atoms with Crippen molar-refractivity contribution in [3.63, 3.8) is 0 Å². The summed E-state index contributed by atoms with van der Waals surface area (Å²) in [6, 6.07) is 12.2. The molecule has 0 aliphatic carbocycles. The number of amides is 1. The fourth-order valence-electron chi connectivity index (χ4n) is 4.67. The van der Waals surface area contributed by atoms with Gasteiger partial charge in [0.15, 0.2) is 0 Å². The van der Waals surface area contributed by atoms with E-state index in [1.54, 1.807) is 18.3 Å². The van der Waals surface area contributed by atoms with Gasteiger partial charge in [0, 0.05) is 47.8 Å². The van der Waals surface area contributed by atoms with E-state index in [-0.39, 0.29) is 23.8 Å². The Balaban J connectivity index is 1.57. The number of carbonyl (C=O) groups is 1. The predicted octanol–water partition coefficient (Wildman–Crippen LogP) is 4.80. The van der Waals surface area contributed by atoms with E-state index < -0.39 is 0 Å². The molecule has 0 saturated carbocycles. The van der Waals surface area contributed by atoms with Crippen molar-refractivity contribution < 1.29 is 9.18 Å². The van der Waals surface area contributed by atoms with Gasteiger partial charge in [-0.2, -0.15) is 5.10 Å². The summed E-state index contributed by atoms with van der Waals surface area (Å²) in [6.45, 7) is 12.1. The molecule has 4 rings (SSSR count). The molecule has 2 heterocycles. The van der Waals surface area contributed by atoms with Crippen molar-refractivity contribution in [3.8, 4) is 0 Å². The molecule has 188 valence electrons. The molecule has 2 aromatic heterocycles. The summed E-state index contributed by atoms with van der Waals surface area (Å²) in [5, 5.41) is 8.48. The molecular formula is C28H32FN5O2. The average Bonchev–Trinajstić information content (AvgIpc) is 3.09. The van der Waals surface area contributed by atoms with Crippen LogP contribution >= 0.6 is 0 Å². The van der Waals surface area contributed by atoms with Crippen LogP contribution in [0.2, 0.25) is 0 Å². The number of carbonyl (C=O) groups excluding carboxylic acids is 1. The number of hydrogen-bond acceptors (Lipinski definition) is 4. The lowest BCUT2D eigenvalue weighted by atomic mass is 10.1. The van der Waals surface area contributed by atoms with Crippen LogP contribution in [0, 0.1) is 26.6 Å². The minimum atomic E-state index is -0.317. The second kappa shape index (κ2) is 10.4. The standard InChI is InChI=1S/C28H32FN5O2/c1-6-32(7-2)23-12-13-25(18(3)14-23)31-26(35)17-34-28(36)27-20(5)33(19(4)24(27)15-30-34)16-21-8-10-22(29)11-9-21/h8-15H,6-7,16-17H2,1-5H3,(H,31,35). The smallest absolute Gasteiger partial charge is 0.276 e. The van der Waals surface area contributed by atoms with E-state index >= 15 is 0 Å². The third kappa shape index (κ3) is 4.89. The van der Waals surface area contributed by atoms with Gasteiger partial charge in [-0.3, -0.25) is 9.59 Å². The SMILES string of the molecule is CCN(CC)c1ccc(NC(=O)Cn2ncc3c(C)n(Cc4ccc(F)cc4)c(C)c3c2=O)c(C)c1. The molecule has 1 N–H and O–H groups in total. The average molecular weight is 490 g/mol. The maximum Gasteiger partial charge on any atom is 0.276 e. The fraction of sp³-hybridized carbons (Fsp3) is 0.321. The molecule has 0 radical (unpaired) electrons. The summed E-state index contributed by atoms with van der Waals surface area (Å²) in [7, 11) is 0. The molecular weight excluding hydrogens is 457 g/mol. The Kier molecular flexibility index (Phi) is 7.24. The molecule has 4 aromatic rings. The van der Waals surface area contributed by atoms with E-state index in [9.17, 15) is 14.0 Å². The van der Waals surface area contributed by atoms with Gasteiger partial charge in [-0.25, -0.2) is 9.07 Å². The van der Waals surface area contributed by atoms with Crippen LogP contribution in [0.5, 0.6) is 0 Å². The topological polar surface area (TPSA) is 72.2 Å². The Morgan fingerprint density at radius 2 is 1.72 bits per heavy atom. The highest BCUT2D eigenvalue weighted by atomic mass is 19.1. The molecule has 8 heteroatoms. The quantitative estimate of drug-likeness (QED) is 0.386. The minimum Gasteiger partial charge on any atom is -0.372 e. The highest BCUT2D eigenvalue weighted by molar-refractivity contribution is 5.92. The van der Waals surface area contributed by atoms with Crippen molar-refractivity contribution in [1.82, 2.24) is 14.3 Å². The second-order valence-electron chi connectivity index (χ2n) is 9.00. The molecule has 0 bridgehead atoms. The van der Waals surface area contributed by atoms with Crippen LogP contribution in [-0.2, 0) is 17.9 Å². The zero-order valence-electron chi connectivity index (χ0n) is 21.4. The van der Waals surface area contributed by atoms with Crippen LogP contribution in [0.15, 0.2) is 53.5 Å². The summed E-state index contributed by atoms with van der Waals surface area (Å²) in [6.07, 6.45) is 1.64. The number of fused-ring (bicyclic) bond motifs is 1. The third-order valence-electron chi connectivity index (χ3n) is 6.77. The van der Waals surface area contributed by atoms with E-state index in [1.807, 2.05) is 37.5 Å². The molecule has 2 aromatic carbocycles. The third-order valence-corrected chi connectivity index (χ3v) is 6.77. The summed E-state index contributed by atoms with van der Waals surface area (Å²) in [5.74, 6) is -0.604. The molecule has 0 fully saturated rings. The van der Waals surface area contributed by atoms with Crippen LogP contribution in [-0.4, -0.2) is 33.3 Å². The Hall–Kier alpha value is -3.94. The number of nitrogens with one attached hydrogen (secondary N) is 1. The number of halogens is 1. The largest absolute Gasteiger partial charge is 0.372 e. The van der Waals surface area contributed by atoms with Crippen LogP contribution in [0.3, 0.4) is 0 Å². The van der Waals surface area contributed by atoms with E-state index in [4.69, 9.17) is 0 Å². The van der Waals surface area contributed by atoms with Crippen molar-refractivity contribution in [3.05, 3.63) is 87.3 Å². The minimum absolute atomic E-state index is 0.187.